The normalized spacial score (nSPS) is 18.6. The summed E-state index contributed by atoms with van der Waals surface area (Å²) in [6.45, 7) is 4.56. The van der Waals surface area contributed by atoms with E-state index in [1.54, 1.807) is 6.20 Å². The van der Waals surface area contributed by atoms with Gasteiger partial charge in [0.2, 0.25) is 0 Å². The number of hydrogen-bond donors (Lipinski definition) is 1. The van der Waals surface area contributed by atoms with Crippen LogP contribution >= 0.6 is 0 Å². The van der Waals surface area contributed by atoms with Gasteiger partial charge < -0.3 is 5.73 Å². The van der Waals surface area contributed by atoms with Gasteiger partial charge >= 0.3 is 0 Å². The molecular formula is C15H21N. The first-order valence-corrected chi connectivity index (χ1v) is 6.12. The van der Waals surface area contributed by atoms with E-state index in [2.05, 4.69) is 32.0 Å². The molecule has 0 saturated heterocycles. The van der Waals surface area contributed by atoms with Crippen molar-refractivity contribution < 1.29 is 0 Å². The highest BCUT2D eigenvalue weighted by Crippen LogP contribution is 2.44. The zero-order chi connectivity index (χ0) is 11.6. The van der Waals surface area contributed by atoms with Crippen molar-refractivity contribution in [2.45, 2.75) is 44.9 Å². The van der Waals surface area contributed by atoms with Crippen molar-refractivity contribution in [1.29, 1.82) is 0 Å². The Bertz CT molecular complexity index is 400. The van der Waals surface area contributed by atoms with Crippen molar-refractivity contribution in [3.8, 4) is 0 Å². The van der Waals surface area contributed by atoms with E-state index in [1.165, 1.54) is 36.0 Å². The molecule has 1 nitrogen and oxygen atoms in total. The highest BCUT2D eigenvalue weighted by molar-refractivity contribution is 5.39. The standard InChI is InChI=1S/C15H21N/c1-12-6-7-13(5-3-10-16)14(11-12)15(2)8-4-9-15/h3,6-7,10-11H,4-5,8-9,16H2,1-2H3/b10-3-. The molecule has 2 rings (SSSR count). The van der Waals surface area contributed by atoms with Crippen molar-refractivity contribution in [2.24, 2.45) is 5.73 Å². The molecule has 0 aliphatic heterocycles. The fraction of sp³-hybridized carbons (Fsp3) is 0.467. The molecule has 0 atom stereocenters. The summed E-state index contributed by atoms with van der Waals surface area (Å²) in [7, 11) is 0. The zero-order valence-corrected chi connectivity index (χ0v) is 10.3. The number of allylic oxidation sites excluding steroid dienone is 1. The second-order valence-electron chi connectivity index (χ2n) is 5.21. The minimum Gasteiger partial charge on any atom is -0.405 e. The van der Waals surface area contributed by atoms with Gasteiger partial charge in [0.25, 0.3) is 0 Å². The van der Waals surface area contributed by atoms with E-state index in [4.69, 9.17) is 5.73 Å². The van der Waals surface area contributed by atoms with Crippen LogP contribution in [0.5, 0.6) is 0 Å². The molecule has 0 aromatic heterocycles. The molecule has 0 heterocycles. The van der Waals surface area contributed by atoms with E-state index >= 15 is 0 Å². The van der Waals surface area contributed by atoms with Crippen LogP contribution in [0.4, 0.5) is 0 Å². The lowest BCUT2D eigenvalue weighted by molar-refractivity contribution is 0.270. The van der Waals surface area contributed by atoms with Crippen molar-refractivity contribution in [1.82, 2.24) is 0 Å². The average Bonchev–Trinajstić information content (AvgIpc) is 2.24. The second kappa shape index (κ2) is 4.32. The van der Waals surface area contributed by atoms with E-state index < -0.39 is 0 Å². The van der Waals surface area contributed by atoms with Gasteiger partial charge in [-0.05, 0) is 48.9 Å². The SMILES string of the molecule is Cc1ccc(C/C=C\N)c(C2(C)CCC2)c1. The van der Waals surface area contributed by atoms with Crippen molar-refractivity contribution in [3.63, 3.8) is 0 Å². The van der Waals surface area contributed by atoms with Gasteiger partial charge in [-0.3, -0.25) is 0 Å². The van der Waals surface area contributed by atoms with Crippen LogP contribution in [0.25, 0.3) is 0 Å². The van der Waals surface area contributed by atoms with Crippen LogP contribution < -0.4 is 5.73 Å². The summed E-state index contributed by atoms with van der Waals surface area (Å²) in [5.41, 5.74) is 10.2. The minimum atomic E-state index is 0.420. The topological polar surface area (TPSA) is 26.0 Å². The van der Waals surface area contributed by atoms with Gasteiger partial charge in [0, 0.05) is 0 Å². The Morgan fingerprint density at radius 1 is 1.38 bits per heavy atom. The first-order chi connectivity index (χ1) is 7.65. The lowest BCUT2D eigenvalue weighted by Crippen LogP contribution is -2.31. The number of nitrogens with two attached hydrogens (primary N) is 1. The van der Waals surface area contributed by atoms with E-state index in [0.29, 0.717) is 5.41 Å². The summed E-state index contributed by atoms with van der Waals surface area (Å²) in [5.74, 6) is 0. The number of aryl methyl sites for hydroxylation is 1. The van der Waals surface area contributed by atoms with E-state index in [1.807, 2.05) is 6.08 Å². The van der Waals surface area contributed by atoms with Crippen LogP contribution in [0.2, 0.25) is 0 Å². The molecule has 0 unspecified atom stereocenters. The predicted octanol–water partition coefficient (Wildman–Crippen LogP) is 3.45. The molecule has 1 aromatic carbocycles. The van der Waals surface area contributed by atoms with Crippen LogP contribution in [0.3, 0.4) is 0 Å². The molecule has 86 valence electrons. The predicted molar refractivity (Wildman–Crippen MR) is 69.4 cm³/mol. The molecule has 0 bridgehead atoms. The number of rotatable bonds is 3. The Morgan fingerprint density at radius 2 is 2.12 bits per heavy atom. The molecule has 0 radical (unpaired) electrons. The third kappa shape index (κ3) is 1.99. The minimum absolute atomic E-state index is 0.420. The Kier molecular flexibility index (Phi) is 3.04. The van der Waals surface area contributed by atoms with Gasteiger partial charge in [-0.25, -0.2) is 0 Å². The third-order valence-corrected chi connectivity index (χ3v) is 3.85. The molecule has 1 aliphatic carbocycles. The second-order valence-corrected chi connectivity index (χ2v) is 5.21. The number of benzene rings is 1. The maximum absolute atomic E-state index is 5.43. The molecule has 1 heteroatoms. The molecule has 1 aromatic rings. The summed E-state index contributed by atoms with van der Waals surface area (Å²) in [6.07, 6.45) is 8.67. The smallest absolute Gasteiger partial charge is 0.00723 e. The number of hydrogen-bond acceptors (Lipinski definition) is 1. The van der Waals surface area contributed by atoms with Crippen LogP contribution in [-0.2, 0) is 11.8 Å². The molecule has 0 spiro atoms. The van der Waals surface area contributed by atoms with Crippen LogP contribution in [-0.4, -0.2) is 0 Å². The maximum Gasteiger partial charge on any atom is -0.00723 e. The van der Waals surface area contributed by atoms with Crippen LogP contribution in [0, 0.1) is 6.92 Å². The van der Waals surface area contributed by atoms with Gasteiger partial charge in [0.15, 0.2) is 0 Å². The third-order valence-electron chi connectivity index (χ3n) is 3.85. The first-order valence-electron chi connectivity index (χ1n) is 6.12. The zero-order valence-electron chi connectivity index (χ0n) is 10.3. The molecule has 1 aliphatic rings. The molecule has 2 N–H and O–H groups in total. The lowest BCUT2D eigenvalue weighted by Gasteiger charge is -2.40. The van der Waals surface area contributed by atoms with Gasteiger partial charge in [-0.2, -0.15) is 0 Å². The van der Waals surface area contributed by atoms with Crippen molar-refractivity contribution in [2.75, 3.05) is 0 Å². The molecule has 16 heavy (non-hydrogen) atoms. The highest BCUT2D eigenvalue weighted by atomic mass is 14.5. The Labute approximate surface area is 98.4 Å². The van der Waals surface area contributed by atoms with Gasteiger partial charge in [0.05, 0.1) is 0 Å². The summed E-state index contributed by atoms with van der Waals surface area (Å²) in [5, 5.41) is 0. The lowest BCUT2D eigenvalue weighted by atomic mass is 9.64. The largest absolute Gasteiger partial charge is 0.405 e. The van der Waals surface area contributed by atoms with Crippen molar-refractivity contribution >= 4 is 0 Å². The Morgan fingerprint density at radius 3 is 2.69 bits per heavy atom. The Hall–Kier alpha value is -1.24. The fourth-order valence-corrected chi connectivity index (χ4v) is 2.60. The van der Waals surface area contributed by atoms with Crippen LogP contribution in [0.15, 0.2) is 30.5 Å². The van der Waals surface area contributed by atoms with Crippen molar-refractivity contribution in [3.05, 3.63) is 47.2 Å². The van der Waals surface area contributed by atoms with Crippen LogP contribution in [0.1, 0.15) is 42.9 Å². The summed E-state index contributed by atoms with van der Waals surface area (Å²) in [4.78, 5) is 0. The van der Waals surface area contributed by atoms with Gasteiger partial charge in [0.1, 0.15) is 0 Å². The first kappa shape index (κ1) is 11.3. The van der Waals surface area contributed by atoms with E-state index in [0.717, 1.165) is 6.42 Å². The summed E-state index contributed by atoms with van der Waals surface area (Å²) >= 11 is 0. The monoisotopic (exact) mass is 215 g/mol. The summed E-state index contributed by atoms with van der Waals surface area (Å²) in [6, 6.07) is 6.82. The molecule has 1 fully saturated rings. The van der Waals surface area contributed by atoms with Gasteiger partial charge in [-0.1, -0.05) is 43.2 Å². The van der Waals surface area contributed by atoms with E-state index in [-0.39, 0.29) is 0 Å². The van der Waals surface area contributed by atoms with Gasteiger partial charge in [-0.15, -0.1) is 0 Å². The molecular weight excluding hydrogens is 194 g/mol. The Balaban J connectivity index is 2.36. The summed E-state index contributed by atoms with van der Waals surface area (Å²) < 4.78 is 0. The highest BCUT2D eigenvalue weighted by Gasteiger charge is 2.34. The van der Waals surface area contributed by atoms with E-state index in [9.17, 15) is 0 Å². The quantitative estimate of drug-likeness (QED) is 0.821. The maximum atomic E-state index is 5.43. The molecule has 0 amide bonds. The average molecular weight is 215 g/mol. The fourth-order valence-electron chi connectivity index (χ4n) is 2.60. The molecule has 1 saturated carbocycles.